The van der Waals surface area contributed by atoms with E-state index in [1.165, 1.54) is 0 Å². The van der Waals surface area contributed by atoms with E-state index in [1.807, 2.05) is 20.2 Å². The van der Waals surface area contributed by atoms with Gasteiger partial charge in [0, 0.05) is 32.4 Å². The Labute approximate surface area is 109 Å². The van der Waals surface area contributed by atoms with Gasteiger partial charge in [0.15, 0.2) is 0 Å². The van der Waals surface area contributed by atoms with E-state index >= 15 is 0 Å². The molecule has 1 rings (SSSR count). The number of rotatable bonds is 8. The molecule has 0 aliphatic heterocycles. The summed E-state index contributed by atoms with van der Waals surface area (Å²) in [7, 11) is 3.82. The molecule has 0 bridgehead atoms. The molecule has 0 aliphatic carbocycles. The fourth-order valence-corrected chi connectivity index (χ4v) is 1.93. The maximum atomic E-state index is 13.5. The Morgan fingerprint density at radius 3 is 2.67 bits per heavy atom. The van der Waals surface area contributed by atoms with Crippen LogP contribution in [-0.2, 0) is 6.54 Å². The molecule has 0 amide bonds. The summed E-state index contributed by atoms with van der Waals surface area (Å²) < 4.78 is 13.5. The molecule has 0 radical (unpaired) electrons. The second-order valence-electron chi connectivity index (χ2n) is 4.55. The summed E-state index contributed by atoms with van der Waals surface area (Å²) in [6.07, 6.45) is 2.84. The predicted octanol–water partition coefficient (Wildman–Crippen LogP) is 2.14. The van der Waals surface area contributed by atoms with Gasteiger partial charge in [-0.2, -0.15) is 0 Å². The van der Waals surface area contributed by atoms with Crippen molar-refractivity contribution in [1.29, 1.82) is 0 Å². The van der Waals surface area contributed by atoms with Crippen molar-refractivity contribution in [3.8, 4) is 0 Å². The zero-order valence-electron chi connectivity index (χ0n) is 11.2. The fraction of sp³-hybridized carbons (Fsp3) is 0.571. The summed E-state index contributed by atoms with van der Waals surface area (Å²) in [6, 6.07) is 5.12. The first-order valence-corrected chi connectivity index (χ1v) is 6.43. The van der Waals surface area contributed by atoms with Gasteiger partial charge in [0.25, 0.3) is 0 Å². The highest BCUT2D eigenvalue weighted by atomic mass is 19.1. The van der Waals surface area contributed by atoms with E-state index < -0.39 is 0 Å². The van der Waals surface area contributed by atoms with E-state index in [0.717, 1.165) is 37.1 Å². The lowest BCUT2D eigenvalue weighted by Crippen LogP contribution is -2.19. The summed E-state index contributed by atoms with van der Waals surface area (Å²) >= 11 is 0. The molecule has 0 aliphatic rings. The van der Waals surface area contributed by atoms with Crippen LogP contribution in [0, 0.1) is 5.82 Å². The molecule has 0 saturated heterocycles. The number of hydrogen-bond donors (Lipinski definition) is 2. The molecule has 0 unspecified atom stereocenters. The standard InChI is InChI=1S/C14H23FN2O/c1-16-11-12-8-13(15)10-14(9-12)17(2)6-4-3-5-7-18/h8-10,16,18H,3-7,11H2,1-2H3. The third kappa shape index (κ3) is 5.02. The van der Waals surface area contributed by atoms with Crippen LogP contribution >= 0.6 is 0 Å². The summed E-state index contributed by atoms with van der Waals surface area (Å²) in [5.74, 6) is -0.194. The minimum atomic E-state index is -0.194. The quantitative estimate of drug-likeness (QED) is 0.698. The Balaban J connectivity index is 2.58. The maximum absolute atomic E-state index is 13.5. The van der Waals surface area contributed by atoms with Crippen molar-refractivity contribution >= 4 is 5.69 Å². The summed E-state index contributed by atoms with van der Waals surface area (Å²) in [6.45, 7) is 1.79. The number of aliphatic hydroxyl groups excluding tert-OH is 1. The molecule has 0 atom stereocenters. The monoisotopic (exact) mass is 254 g/mol. The zero-order valence-corrected chi connectivity index (χ0v) is 11.2. The first-order chi connectivity index (χ1) is 8.67. The van der Waals surface area contributed by atoms with Crippen molar-refractivity contribution in [2.75, 3.05) is 32.1 Å². The Hall–Kier alpha value is -1.13. The minimum absolute atomic E-state index is 0.194. The van der Waals surface area contributed by atoms with E-state index in [4.69, 9.17) is 5.11 Å². The second-order valence-corrected chi connectivity index (χ2v) is 4.55. The van der Waals surface area contributed by atoms with Crippen LogP contribution < -0.4 is 10.2 Å². The number of hydrogen-bond acceptors (Lipinski definition) is 3. The Morgan fingerprint density at radius 1 is 1.22 bits per heavy atom. The van der Waals surface area contributed by atoms with E-state index in [-0.39, 0.29) is 12.4 Å². The lowest BCUT2D eigenvalue weighted by molar-refractivity contribution is 0.283. The van der Waals surface area contributed by atoms with Gasteiger partial charge in [-0.05, 0) is 50.1 Å². The van der Waals surface area contributed by atoms with Crippen LogP contribution in [0.3, 0.4) is 0 Å². The van der Waals surface area contributed by atoms with E-state index in [0.29, 0.717) is 6.54 Å². The smallest absolute Gasteiger partial charge is 0.125 e. The van der Waals surface area contributed by atoms with Crippen molar-refractivity contribution in [1.82, 2.24) is 5.32 Å². The molecule has 4 heteroatoms. The zero-order chi connectivity index (χ0) is 13.4. The average Bonchev–Trinajstić information content (AvgIpc) is 2.34. The molecule has 3 nitrogen and oxygen atoms in total. The Morgan fingerprint density at radius 2 is 2.00 bits per heavy atom. The van der Waals surface area contributed by atoms with Gasteiger partial charge in [0.05, 0.1) is 0 Å². The van der Waals surface area contributed by atoms with Crippen molar-refractivity contribution in [2.24, 2.45) is 0 Å². The van der Waals surface area contributed by atoms with Crippen LogP contribution in [0.1, 0.15) is 24.8 Å². The normalized spacial score (nSPS) is 10.7. The van der Waals surface area contributed by atoms with Crippen molar-refractivity contribution in [3.63, 3.8) is 0 Å². The first kappa shape index (κ1) is 14.9. The Bertz CT molecular complexity index is 358. The molecule has 18 heavy (non-hydrogen) atoms. The molecule has 0 aromatic heterocycles. The van der Waals surface area contributed by atoms with Crippen LogP contribution in [0.25, 0.3) is 0 Å². The first-order valence-electron chi connectivity index (χ1n) is 6.43. The highest BCUT2D eigenvalue weighted by Crippen LogP contribution is 2.18. The van der Waals surface area contributed by atoms with E-state index in [9.17, 15) is 4.39 Å². The number of nitrogens with zero attached hydrogens (tertiary/aromatic N) is 1. The number of benzene rings is 1. The Kier molecular flexibility index (Phi) is 6.68. The minimum Gasteiger partial charge on any atom is -0.396 e. The molecular formula is C14H23FN2O. The summed E-state index contributed by atoms with van der Waals surface area (Å²) in [4.78, 5) is 2.06. The highest BCUT2D eigenvalue weighted by molar-refractivity contribution is 5.48. The maximum Gasteiger partial charge on any atom is 0.125 e. The van der Waals surface area contributed by atoms with Crippen LogP contribution in [0.15, 0.2) is 18.2 Å². The second kappa shape index (κ2) is 8.06. The SMILES string of the molecule is CNCc1cc(F)cc(N(C)CCCCCO)c1. The molecule has 2 N–H and O–H groups in total. The van der Waals surface area contributed by atoms with Crippen molar-refractivity contribution < 1.29 is 9.50 Å². The summed E-state index contributed by atoms with van der Waals surface area (Å²) in [5.41, 5.74) is 1.86. The van der Waals surface area contributed by atoms with Gasteiger partial charge in [-0.25, -0.2) is 4.39 Å². The van der Waals surface area contributed by atoms with Crippen LogP contribution in [0.2, 0.25) is 0 Å². The van der Waals surface area contributed by atoms with Gasteiger partial charge < -0.3 is 15.3 Å². The molecule has 1 aromatic carbocycles. The van der Waals surface area contributed by atoms with E-state index in [2.05, 4.69) is 10.2 Å². The number of anilines is 1. The summed E-state index contributed by atoms with van der Waals surface area (Å²) in [5, 5.41) is 11.7. The van der Waals surface area contributed by atoms with Crippen LogP contribution in [-0.4, -0.2) is 32.4 Å². The molecule has 102 valence electrons. The molecule has 0 spiro atoms. The number of unbranched alkanes of at least 4 members (excludes halogenated alkanes) is 2. The van der Waals surface area contributed by atoms with Gasteiger partial charge in [-0.1, -0.05) is 0 Å². The molecule has 0 fully saturated rings. The number of halogens is 1. The van der Waals surface area contributed by atoms with Gasteiger partial charge in [-0.15, -0.1) is 0 Å². The van der Waals surface area contributed by atoms with Crippen LogP contribution in [0.4, 0.5) is 10.1 Å². The highest BCUT2D eigenvalue weighted by Gasteiger charge is 2.05. The molecule has 0 saturated carbocycles. The largest absolute Gasteiger partial charge is 0.396 e. The van der Waals surface area contributed by atoms with Gasteiger partial charge >= 0.3 is 0 Å². The average molecular weight is 254 g/mol. The number of nitrogens with one attached hydrogen (secondary N) is 1. The van der Waals surface area contributed by atoms with Crippen molar-refractivity contribution in [3.05, 3.63) is 29.6 Å². The predicted molar refractivity (Wildman–Crippen MR) is 73.4 cm³/mol. The topological polar surface area (TPSA) is 35.5 Å². The molecule has 0 heterocycles. The van der Waals surface area contributed by atoms with Crippen LogP contribution in [0.5, 0.6) is 0 Å². The lowest BCUT2D eigenvalue weighted by Gasteiger charge is -2.20. The third-order valence-electron chi connectivity index (χ3n) is 2.92. The van der Waals surface area contributed by atoms with Gasteiger partial charge in [0.1, 0.15) is 5.82 Å². The fourth-order valence-electron chi connectivity index (χ4n) is 1.93. The number of aliphatic hydroxyl groups is 1. The van der Waals surface area contributed by atoms with Gasteiger partial charge in [-0.3, -0.25) is 0 Å². The lowest BCUT2D eigenvalue weighted by atomic mass is 10.1. The van der Waals surface area contributed by atoms with E-state index in [1.54, 1.807) is 12.1 Å². The van der Waals surface area contributed by atoms with Crippen molar-refractivity contribution in [2.45, 2.75) is 25.8 Å². The van der Waals surface area contributed by atoms with Gasteiger partial charge in [0.2, 0.25) is 0 Å². The molecule has 1 aromatic rings. The molecular weight excluding hydrogens is 231 g/mol. The third-order valence-corrected chi connectivity index (χ3v) is 2.92.